The lowest BCUT2D eigenvalue weighted by Gasteiger charge is -2.18. The summed E-state index contributed by atoms with van der Waals surface area (Å²) in [6.07, 6.45) is 1.59. The van der Waals surface area contributed by atoms with Crippen LogP contribution in [-0.4, -0.2) is 83.3 Å². The van der Waals surface area contributed by atoms with Gasteiger partial charge in [-0.15, -0.1) is 10.2 Å². The summed E-state index contributed by atoms with van der Waals surface area (Å²) in [6.45, 7) is 0.780. The molecule has 3 N–H and O–H groups in total. The van der Waals surface area contributed by atoms with Crippen LogP contribution in [0.4, 0.5) is 22.0 Å². The van der Waals surface area contributed by atoms with Gasteiger partial charge in [0.25, 0.3) is 5.91 Å². The summed E-state index contributed by atoms with van der Waals surface area (Å²) < 4.78 is 12.2. The lowest BCUT2D eigenvalue weighted by molar-refractivity contribution is 0.0958. The Morgan fingerprint density at radius 3 is 2.62 bits per heavy atom. The average molecular weight is 470 g/mol. The largest absolute Gasteiger partial charge is 0.494 e. The number of hydrogen-bond donors (Lipinski definition) is 3. The molecule has 3 rings (SSSR count). The van der Waals surface area contributed by atoms with Crippen molar-refractivity contribution in [2.75, 3.05) is 52.1 Å². The molecule has 0 aliphatic carbocycles. The Bertz CT molecular complexity index is 1160. The van der Waals surface area contributed by atoms with Crippen molar-refractivity contribution in [3.8, 4) is 17.1 Å². The fourth-order valence-corrected chi connectivity index (χ4v) is 3.01. The standard InChI is InChI=1S/C21H27N9O4/c1-22-20(31)17-15(11-16(26-27-17)25-21(32)29(2)9-10-33-4)24-14-8-6-7-13(18(14)34-5)19-23-12-30(3)28-19/h6-8,11-12H,9-10H2,1-5H3,(H,22,31)(H2,24,25,26,32). The van der Waals surface area contributed by atoms with Crippen LogP contribution in [-0.2, 0) is 11.8 Å². The number of urea groups is 1. The molecule has 34 heavy (non-hydrogen) atoms. The van der Waals surface area contributed by atoms with Gasteiger partial charge in [-0.3, -0.25) is 14.8 Å². The molecular formula is C21H27N9O4. The highest BCUT2D eigenvalue weighted by molar-refractivity contribution is 5.99. The van der Waals surface area contributed by atoms with E-state index in [2.05, 4.69) is 36.2 Å². The Hall–Kier alpha value is -4.26. The number of hydrogen-bond acceptors (Lipinski definition) is 9. The van der Waals surface area contributed by atoms with Gasteiger partial charge in [-0.05, 0) is 12.1 Å². The molecule has 0 spiro atoms. The van der Waals surface area contributed by atoms with E-state index < -0.39 is 11.9 Å². The number of methoxy groups -OCH3 is 2. The van der Waals surface area contributed by atoms with E-state index in [-0.39, 0.29) is 11.5 Å². The number of para-hydroxylation sites is 1. The van der Waals surface area contributed by atoms with Crippen LogP contribution in [0.2, 0.25) is 0 Å². The van der Waals surface area contributed by atoms with Crippen LogP contribution >= 0.6 is 0 Å². The van der Waals surface area contributed by atoms with E-state index in [9.17, 15) is 9.59 Å². The summed E-state index contributed by atoms with van der Waals surface area (Å²) in [4.78, 5) is 30.6. The van der Waals surface area contributed by atoms with Gasteiger partial charge < -0.3 is 25.0 Å². The Labute approximate surface area is 196 Å². The van der Waals surface area contributed by atoms with Crippen LogP contribution in [0.3, 0.4) is 0 Å². The molecule has 2 heterocycles. The predicted molar refractivity (Wildman–Crippen MR) is 125 cm³/mol. The van der Waals surface area contributed by atoms with Crippen molar-refractivity contribution in [1.82, 2.24) is 35.2 Å². The molecule has 13 heteroatoms. The maximum atomic E-state index is 12.4. The number of ether oxygens (including phenoxy) is 2. The maximum absolute atomic E-state index is 12.4. The van der Waals surface area contributed by atoms with E-state index in [0.29, 0.717) is 41.7 Å². The topological polar surface area (TPSA) is 148 Å². The van der Waals surface area contributed by atoms with Crippen molar-refractivity contribution in [2.45, 2.75) is 0 Å². The highest BCUT2D eigenvalue weighted by Gasteiger charge is 2.20. The summed E-state index contributed by atoms with van der Waals surface area (Å²) in [5.41, 5.74) is 1.55. The van der Waals surface area contributed by atoms with E-state index in [4.69, 9.17) is 9.47 Å². The molecule has 0 aliphatic heterocycles. The van der Waals surface area contributed by atoms with Crippen molar-refractivity contribution in [3.05, 3.63) is 36.3 Å². The van der Waals surface area contributed by atoms with Crippen molar-refractivity contribution < 1.29 is 19.1 Å². The Morgan fingerprint density at radius 2 is 1.97 bits per heavy atom. The van der Waals surface area contributed by atoms with E-state index in [1.807, 2.05) is 6.07 Å². The summed E-state index contributed by atoms with van der Waals surface area (Å²) in [6, 6.07) is 6.52. The Kier molecular flexibility index (Phi) is 7.92. The SMILES string of the molecule is CNC(=O)c1nnc(NC(=O)N(C)CCOC)cc1Nc1cccc(-c2ncn(C)n2)c1OC. The summed E-state index contributed by atoms with van der Waals surface area (Å²) in [5, 5.41) is 20.7. The van der Waals surface area contributed by atoms with Gasteiger partial charge in [0.05, 0.1) is 30.7 Å². The third kappa shape index (κ3) is 5.56. The summed E-state index contributed by atoms with van der Waals surface area (Å²) in [7, 11) is 7.97. The van der Waals surface area contributed by atoms with Crippen LogP contribution < -0.4 is 20.7 Å². The van der Waals surface area contributed by atoms with E-state index in [0.717, 1.165) is 0 Å². The van der Waals surface area contributed by atoms with Gasteiger partial charge in [0.2, 0.25) is 0 Å². The second-order valence-electron chi connectivity index (χ2n) is 7.17. The van der Waals surface area contributed by atoms with Crippen molar-refractivity contribution >= 4 is 29.1 Å². The van der Waals surface area contributed by atoms with E-state index >= 15 is 0 Å². The van der Waals surface area contributed by atoms with Crippen LogP contribution in [0.5, 0.6) is 5.75 Å². The molecule has 0 aliphatic rings. The van der Waals surface area contributed by atoms with E-state index in [1.54, 1.807) is 44.3 Å². The van der Waals surface area contributed by atoms with Gasteiger partial charge in [0.1, 0.15) is 6.33 Å². The minimum absolute atomic E-state index is 0.0386. The number of amides is 3. The van der Waals surface area contributed by atoms with Gasteiger partial charge in [-0.25, -0.2) is 9.78 Å². The van der Waals surface area contributed by atoms with Gasteiger partial charge in [0.15, 0.2) is 23.1 Å². The minimum Gasteiger partial charge on any atom is -0.494 e. The third-order valence-electron chi connectivity index (χ3n) is 4.78. The minimum atomic E-state index is -0.452. The lowest BCUT2D eigenvalue weighted by atomic mass is 10.1. The van der Waals surface area contributed by atoms with E-state index in [1.165, 1.54) is 25.1 Å². The lowest BCUT2D eigenvalue weighted by Crippen LogP contribution is -2.34. The predicted octanol–water partition coefficient (Wildman–Crippen LogP) is 1.49. The first-order valence-corrected chi connectivity index (χ1v) is 10.3. The summed E-state index contributed by atoms with van der Waals surface area (Å²) in [5.74, 6) is 0.658. The van der Waals surface area contributed by atoms with Gasteiger partial charge >= 0.3 is 6.03 Å². The molecule has 0 unspecified atom stereocenters. The fourth-order valence-electron chi connectivity index (χ4n) is 3.01. The Balaban J connectivity index is 1.96. The number of anilines is 3. The van der Waals surface area contributed by atoms with Crippen molar-refractivity contribution in [3.63, 3.8) is 0 Å². The number of benzene rings is 1. The molecule has 0 atom stereocenters. The third-order valence-corrected chi connectivity index (χ3v) is 4.78. The zero-order valence-corrected chi connectivity index (χ0v) is 19.6. The van der Waals surface area contributed by atoms with Gasteiger partial charge in [0, 0.05) is 40.9 Å². The fraction of sp³-hybridized carbons (Fsp3) is 0.333. The molecule has 0 saturated heterocycles. The number of nitrogens with one attached hydrogen (secondary N) is 3. The first kappa shape index (κ1) is 24.4. The zero-order valence-electron chi connectivity index (χ0n) is 19.6. The first-order valence-electron chi connectivity index (χ1n) is 10.3. The second kappa shape index (κ2) is 11.0. The van der Waals surface area contributed by atoms with Crippen LogP contribution in [0.1, 0.15) is 10.5 Å². The van der Waals surface area contributed by atoms with Crippen LogP contribution in [0, 0.1) is 0 Å². The number of carbonyl (C=O) groups is 2. The smallest absolute Gasteiger partial charge is 0.322 e. The van der Waals surface area contributed by atoms with Crippen molar-refractivity contribution in [1.29, 1.82) is 0 Å². The number of carbonyl (C=O) groups excluding carboxylic acids is 2. The molecule has 13 nitrogen and oxygen atoms in total. The molecule has 3 amide bonds. The molecule has 0 fully saturated rings. The highest BCUT2D eigenvalue weighted by atomic mass is 16.5. The van der Waals surface area contributed by atoms with Crippen LogP contribution in [0.15, 0.2) is 30.6 Å². The van der Waals surface area contributed by atoms with Gasteiger partial charge in [-0.2, -0.15) is 5.10 Å². The number of likely N-dealkylation sites (N-methyl/N-ethyl adjacent to an activating group) is 1. The quantitative estimate of drug-likeness (QED) is 0.424. The van der Waals surface area contributed by atoms with Gasteiger partial charge in [-0.1, -0.05) is 6.07 Å². The molecule has 3 aromatic rings. The molecule has 0 saturated carbocycles. The number of rotatable bonds is 9. The molecular weight excluding hydrogens is 442 g/mol. The zero-order chi connectivity index (χ0) is 24.7. The molecule has 1 aromatic carbocycles. The molecule has 180 valence electrons. The Morgan fingerprint density at radius 1 is 1.18 bits per heavy atom. The van der Waals surface area contributed by atoms with Crippen molar-refractivity contribution in [2.24, 2.45) is 7.05 Å². The number of aryl methyl sites for hydroxylation is 1. The maximum Gasteiger partial charge on any atom is 0.322 e. The molecule has 2 aromatic heterocycles. The number of aromatic nitrogens is 5. The van der Waals surface area contributed by atoms with Crippen LogP contribution in [0.25, 0.3) is 11.4 Å². The molecule has 0 bridgehead atoms. The second-order valence-corrected chi connectivity index (χ2v) is 7.17. The monoisotopic (exact) mass is 469 g/mol. The first-order chi connectivity index (χ1) is 16.4. The summed E-state index contributed by atoms with van der Waals surface area (Å²) >= 11 is 0. The average Bonchev–Trinajstić information content (AvgIpc) is 3.28. The number of nitrogens with zero attached hydrogens (tertiary/aromatic N) is 6. The molecule has 0 radical (unpaired) electrons. The normalized spacial score (nSPS) is 10.5. The highest BCUT2D eigenvalue weighted by Crippen LogP contribution is 2.37.